The molecule has 3 heterocycles. The molecule has 6 heteroatoms. The van der Waals surface area contributed by atoms with Gasteiger partial charge in [0, 0.05) is 56.5 Å². The van der Waals surface area contributed by atoms with Crippen LogP contribution in [0.3, 0.4) is 0 Å². The molecule has 0 N–H and O–H groups in total. The minimum absolute atomic E-state index is 0.547. The van der Waals surface area contributed by atoms with E-state index >= 15 is 0 Å². The van der Waals surface area contributed by atoms with Gasteiger partial charge in [0.05, 0.1) is 10.9 Å². The second-order valence-corrected chi connectivity index (χ2v) is 7.51. The van der Waals surface area contributed by atoms with Crippen LogP contribution in [0.2, 0.25) is 4.34 Å². The fourth-order valence-corrected chi connectivity index (χ4v) is 3.97. The fraction of sp³-hybridized carbons (Fsp3) is 0.533. The summed E-state index contributed by atoms with van der Waals surface area (Å²) >= 11 is 7.69. The molecule has 0 saturated carbocycles. The number of piperazine rings is 1. The van der Waals surface area contributed by atoms with E-state index < -0.39 is 0 Å². The highest BCUT2D eigenvalue weighted by atomic mass is 35.5. The minimum Gasteiger partial charge on any atom is -0.337 e. The molecule has 0 amide bonds. The van der Waals surface area contributed by atoms with Crippen LogP contribution >= 0.6 is 22.9 Å². The summed E-state index contributed by atoms with van der Waals surface area (Å²) in [7, 11) is 2.06. The molecule has 0 spiro atoms. The van der Waals surface area contributed by atoms with Crippen molar-refractivity contribution in [3.63, 3.8) is 0 Å². The molecule has 1 saturated heterocycles. The Balaban J connectivity index is 1.55. The zero-order valence-electron chi connectivity index (χ0n) is 12.5. The highest BCUT2D eigenvalue weighted by Gasteiger charge is 2.24. The van der Waals surface area contributed by atoms with E-state index in [0.29, 0.717) is 6.04 Å². The standard InChI is InChI=1S/C15H21ClN4S/c1-12-9-19(10-13-3-4-14(16)21-13)7-8-20(12)11-15-17-5-6-18(15)2/h3-6,12H,7-11H2,1-2H3/t12-/m1/s1. The summed E-state index contributed by atoms with van der Waals surface area (Å²) in [5.74, 6) is 1.14. The van der Waals surface area contributed by atoms with Crippen LogP contribution in [0.5, 0.6) is 0 Å². The fourth-order valence-electron chi connectivity index (χ4n) is 2.84. The summed E-state index contributed by atoms with van der Waals surface area (Å²) < 4.78 is 2.98. The molecule has 114 valence electrons. The van der Waals surface area contributed by atoms with Gasteiger partial charge >= 0.3 is 0 Å². The summed E-state index contributed by atoms with van der Waals surface area (Å²) in [5.41, 5.74) is 0. The van der Waals surface area contributed by atoms with Crippen LogP contribution in [0.4, 0.5) is 0 Å². The van der Waals surface area contributed by atoms with Crippen molar-refractivity contribution < 1.29 is 0 Å². The van der Waals surface area contributed by atoms with E-state index in [1.165, 1.54) is 4.88 Å². The van der Waals surface area contributed by atoms with Crippen LogP contribution < -0.4 is 0 Å². The first-order chi connectivity index (χ1) is 10.1. The first kappa shape index (κ1) is 15.0. The van der Waals surface area contributed by atoms with Gasteiger partial charge in [-0.15, -0.1) is 11.3 Å². The molecule has 0 radical (unpaired) electrons. The molecule has 21 heavy (non-hydrogen) atoms. The van der Waals surface area contributed by atoms with Crippen molar-refractivity contribution in [3.8, 4) is 0 Å². The minimum atomic E-state index is 0.547. The van der Waals surface area contributed by atoms with E-state index in [2.05, 4.69) is 39.4 Å². The van der Waals surface area contributed by atoms with E-state index in [4.69, 9.17) is 11.6 Å². The summed E-state index contributed by atoms with van der Waals surface area (Å²) in [6.07, 6.45) is 3.88. The zero-order valence-corrected chi connectivity index (χ0v) is 14.1. The number of thiophene rings is 1. The Hall–Kier alpha value is -0.880. The maximum absolute atomic E-state index is 6.01. The SMILES string of the molecule is C[C@@H]1CN(Cc2ccc(Cl)s2)CCN1Cc1nccn1C. The lowest BCUT2D eigenvalue weighted by atomic mass is 10.2. The monoisotopic (exact) mass is 324 g/mol. The third-order valence-corrected chi connectivity index (χ3v) is 5.34. The Morgan fingerprint density at radius 1 is 1.33 bits per heavy atom. The third-order valence-electron chi connectivity index (χ3n) is 4.12. The van der Waals surface area contributed by atoms with Crippen LogP contribution in [-0.2, 0) is 20.1 Å². The van der Waals surface area contributed by atoms with Gasteiger partial charge in [0.2, 0.25) is 0 Å². The van der Waals surface area contributed by atoms with Crippen LogP contribution in [-0.4, -0.2) is 45.0 Å². The van der Waals surface area contributed by atoms with Gasteiger partial charge in [-0.25, -0.2) is 4.98 Å². The van der Waals surface area contributed by atoms with Crippen LogP contribution in [0, 0.1) is 0 Å². The van der Waals surface area contributed by atoms with E-state index in [9.17, 15) is 0 Å². The number of aromatic nitrogens is 2. The largest absolute Gasteiger partial charge is 0.337 e. The lowest BCUT2D eigenvalue weighted by molar-refractivity contribution is 0.0713. The van der Waals surface area contributed by atoms with E-state index in [-0.39, 0.29) is 0 Å². The predicted molar refractivity (Wildman–Crippen MR) is 87.7 cm³/mol. The van der Waals surface area contributed by atoms with E-state index in [1.54, 1.807) is 11.3 Å². The van der Waals surface area contributed by atoms with Gasteiger partial charge in [0.25, 0.3) is 0 Å². The normalized spacial score (nSPS) is 21.0. The average Bonchev–Trinajstić information content (AvgIpc) is 3.02. The van der Waals surface area contributed by atoms with Crippen LogP contribution in [0.15, 0.2) is 24.5 Å². The maximum Gasteiger partial charge on any atom is 0.122 e. The highest BCUT2D eigenvalue weighted by Crippen LogP contribution is 2.24. The topological polar surface area (TPSA) is 24.3 Å². The molecule has 0 unspecified atom stereocenters. The summed E-state index contributed by atoms with van der Waals surface area (Å²) in [6.45, 7) is 7.54. The van der Waals surface area contributed by atoms with Crippen molar-refractivity contribution >= 4 is 22.9 Å². The average molecular weight is 325 g/mol. The molecule has 2 aromatic rings. The molecular formula is C15H21ClN4S. The van der Waals surface area contributed by atoms with Gasteiger partial charge in [-0.1, -0.05) is 11.6 Å². The van der Waals surface area contributed by atoms with Gasteiger partial charge in [0.15, 0.2) is 0 Å². The number of hydrogen-bond acceptors (Lipinski definition) is 4. The number of rotatable bonds is 4. The summed E-state index contributed by atoms with van der Waals surface area (Å²) in [6, 6.07) is 4.67. The Kier molecular flexibility index (Phi) is 4.64. The molecule has 4 nitrogen and oxygen atoms in total. The number of hydrogen-bond donors (Lipinski definition) is 0. The van der Waals surface area contributed by atoms with Gasteiger partial charge in [-0.3, -0.25) is 9.80 Å². The van der Waals surface area contributed by atoms with Crippen LogP contribution in [0.1, 0.15) is 17.6 Å². The number of imidazole rings is 1. The van der Waals surface area contributed by atoms with Crippen molar-refractivity contribution in [1.82, 2.24) is 19.4 Å². The Labute approximate surface area is 135 Å². The second-order valence-electron chi connectivity index (χ2n) is 5.71. The van der Waals surface area contributed by atoms with Gasteiger partial charge in [0.1, 0.15) is 5.82 Å². The molecule has 2 aromatic heterocycles. The van der Waals surface area contributed by atoms with Gasteiger partial charge in [-0.05, 0) is 19.1 Å². The Bertz CT molecular complexity index is 594. The highest BCUT2D eigenvalue weighted by molar-refractivity contribution is 7.16. The van der Waals surface area contributed by atoms with Crippen molar-refractivity contribution in [2.24, 2.45) is 7.05 Å². The maximum atomic E-state index is 6.01. The molecule has 1 aliphatic heterocycles. The van der Waals surface area contributed by atoms with E-state index in [0.717, 1.165) is 42.9 Å². The van der Waals surface area contributed by atoms with Crippen LogP contribution in [0.25, 0.3) is 0 Å². The molecular weight excluding hydrogens is 304 g/mol. The van der Waals surface area contributed by atoms with Crippen molar-refractivity contribution in [2.45, 2.75) is 26.1 Å². The Morgan fingerprint density at radius 2 is 2.19 bits per heavy atom. The number of halogens is 1. The Morgan fingerprint density at radius 3 is 2.81 bits per heavy atom. The van der Waals surface area contributed by atoms with Crippen molar-refractivity contribution in [2.75, 3.05) is 19.6 Å². The molecule has 0 aliphatic carbocycles. The first-order valence-electron chi connectivity index (χ1n) is 7.28. The lowest BCUT2D eigenvalue weighted by Gasteiger charge is -2.39. The van der Waals surface area contributed by atoms with Crippen molar-refractivity contribution in [1.29, 1.82) is 0 Å². The molecule has 0 aromatic carbocycles. The summed E-state index contributed by atoms with van der Waals surface area (Å²) in [4.78, 5) is 10.8. The molecule has 0 bridgehead atoms. The second kappa shape index (κ2) is 6.48. The molecule has 1 aliphatic rings. The van der Waals surface area contributed by atoms with Gasteiger partial charge in [-0.2, -0.15) is 0 Å². The molecule has 1 atom stereocenters. The lowest BCUT2D eigenvalue weighted by Crippen LogP contribution is -2.51. The smallest absolute Gasteiger partial charge is 0.122 e. The zero-order chi connectivity index (χ0) is 14.8. The number of aryl methyl sites for hydroxylation is 1. The molecule has 3 rings (SSSR count). The quantitative estimate of drug-likeness (QED) is 0.864. The molecule has 1 fully saturated rings. The number of nitrogens with zero attached hydrogens (tertiary/aromatic N) is 4. The summed E-state index contributed by atoms with van der Waals surface area (Å²) in [5, 5.41) is 0. The predicted octanol–water partition coefficient (Wildman–Crippen LogP) is 2.84. The first-order valence-corrected chi connectivity index (χ1v) is 8.48. The van der Waals surface area contributed by atoms with E-state index in [1.807, 2.05) is 18.5 Å². The third kappa shape index (κ3) is 3.66. The van der Waals surface area contributed by atoms with Crippen molar-refractivity contribution in [3.05, 3.63) is 39.6 Å². The van der Waals surface area contributed by atoms with Gasteiger partial charge < -0.3 is 4.57 Å².